The Hall–Kier alpha value is -5.21. The summed E-state index contributed by atoms with van der Waals surface area (Å²) in [6.45, 7) is 5.83. The molecule has 2 saturated heterocycles. The molecule has 1 N–H and O–H groups in total. The van der Waals surface area contributed by atoms with E-state index in [2.05, 4.69) is 0 Å². The Morgan fingerprint density at radius 3 is 2.21 bits per heavy atom. The third kappa shape index (κ3) is 5.10. The normalized spacial score (nSPS) is 26.9. The summed E-state index contributed by atoms with van der Waals surface area (Å²) >= 11 is 6.41. The summed E-state index contributed by atoms with van der Waals surface area (Å²) in [6, 6.07) is 30.7. The highest BCUT2D eigenvalue weighted by molar-refractivity contribution is 6.32. The molecule has 2 heterocycles. The number of hydrogen-bond acceptors (Lipinski definition) is 6. The predicted octanol–water partition coefficient (Wildman–Crippen LogP) is 7.59. The number of allylic oxidation sites excluding steroid dienone is 2. The summed E-state index contributed by atoms with van der Waals surface area (Å²) in [5.41, 5.74) is 0.933. The van der Waals surface area contributed by atoms with Crippen LogP contribution in [-0.4, -0.2) is 39.2 Å². The summed E-state index contributed by atoms with van der Waals surface area (Å²) in [5, 5.41) is 12.3. The first-order valence-electron chi connectivity index (χ1n) is 17.7. The number of carbonyl (C=O) groups is 4. The van der Waals surface area contributed by atoms with Gasteiger partial charge in [-0.2, -0.15) is 0 Å². The van der Waals surface area contributed by atoms with Gasteiger partial charge in [-0.25, -0.2) is 4.90 Å². The zero-order valence-electron chi connectivity index (χ0n) is 29.2. The van der Waals surface area contributed by atoms with E-state index in [1.165, 1.54) is 9.80 Å². The number of nitrogens with zero attached hydrogens (tertiary/aromatic N) is 2. The van der Waals surface area contributed by atoms with Crippen molar-refractivity contribution in [1.29, 1.82) is 0 Å². The third-order valence-electron chi connectivity index (χ3n) is 11.4. The molecule has 2 aliphatic carbocycles. The van der Waals surface area contributed by atoms with E-state index in [0.717, 1.165) is 11.1 Å². The van der Waals surface area contributed by atoms with Crippen molar-refractivity contribution < 1.29 is 29.0 Å². The van der Waals surface area contributed by atoms with Crippen LogP contribution >= 0.6 is 11.6 Å². The average Bonchev–Trinajstić information content (AvgIpc) is 3.52. The van der Waals surface area contributed by atoms with Crippen molar-refractivity contribution in [3.63, 3.8) is 0 Å². The van der Waals surface area contributed by atoms with Crippen molar-refractivity contribution in [3.05, 3.63) is 136 Å². The lowest BCUT2D eigenvalue weighted by molar-refractivity contribution is -0.145. The lowest BCUT2D eigenvalue weighted by atomic mass is 9.49. The number of rotatable bonds is 6. The molecule has 4 amide bonds. The van der Waals surface area contributed by atoms with Crippen molar-refractivity contribution in [2.24, 2.45) is 23.7 Å². The Kier molecular flexibility index (Phi) is 8.14. The first-order chi connectivity index (χ1) is 24.9. The van der Waals surface area contributed by atoms with Crippen LogP contribution in [0.3, 0.4) is 0 Å². The van der Waals surface area contributed by atoms with Gasteiger partial charge in [-0.3, -0.25) is 24.1 Å². The highest BCUT2D eigenvalue weighted by Gasteiger charge is 2.70. The summed E-state index contributed by atoms with van der Waals surface area (Å²) < 4.78 is 6.06. The first kappa shape index (κ1) is 33.9. The molecule has 264 valence electrons. The Morgan fingerprint density at radius 1 is 0.827 bits per heavy atom. The van der Waals surface area contributed by atoms with E-state index in [4.69, 9.17) is 16.3 Å². The highest BCUT2D eigenvalue weighted by Crippen LogP contribution is 2.65. The van der Waals surface area contributed by atoms with Crippen LogP contribution in [0.25, 0.3) is 0 Å². The van der Waals surface area contributed by atoms with E-state index in [-0.39, 0.29) is 30.6 Å². The standard InChI is InChI=1S/C43H39ClN2O6/c1-42(2,3)46-38(48)32-20-19-30-33(36(32)40(46)50)23-34-39(49)45(28-16-10-15-27(44)21-28)41(51)43(34,26-13-8-5-9-14-26)37(30)31-18-17-29(22-35(31)47)52-24-25-11-6-4-7-12-25/h4-19,21-22,32-34,36-37,47H,20,23-24H2,1-3H3/t32-,33+,34-,36-,37+,43+/m0/s1. The minimum Gasteiger partial charge on any atom is -0.508 e. The second-order valence-corrected chi connectivity index (χ2v) is 15.7. The SMILES string of the molecule is CC(C)(C)N1C(=O)[C@H]2[C@H](CC=C3[C@H]2C[C@H]2C(=O)N(c4cccc(Cl)c4)C(=O)[C@@]2(c2ccccc2)[C@H]3c2ccc(OCc3ccccc3)cc2O)C1=O. The van der Waals surface area contributed by atoms with Crippen molar-refractivity contribution in [1.82, 2.24) is 4.90 Å². The fourth-order valence-electron chi connectivity index (χ4n) is 9.35. The van der Waals surface area contributed by atoms with Gasteiger partial charge in [0.2, 0.25) is 23.6 Å². The molecule has 4 aromatic carbocycles. The maximum atomic E-state index is 15.4. The maximum absolute atomic E-state index is 15.4. The van der Waals surface area contributed by atoms with Gasteiger partial charge in [0.1, 0.15) is 18.1 Å². The molecule has 8 nitrogen and oxygen atoms in total. The van der Waals surface area contributed by atoms with Crippen LogP contribution in [-0.2, 0) is 31.2 Å². The molecule has 2 aliphatic heterocycles. The second kappa shape index (κ2) is 12.5. The molecular formula is C43H39ClN2O6. The van der Waals surface area contributed by atoms with Crippen molar-refractivity contribution in [2.75, 3.05) is 4.90 Å². The summed E-state index contributed by atoms with van der Waals surface area (Å²) in [7, 11) is 0. The quantitative estimate of drug-likeness (QED) is 0.163. The molecule has 0 radical (unpaired) electrons. The smallest absolute Gasteiger partial charge is 0.246 e. The number of imide groups is 2. The molecule has 0 unspecified atom stereocenters. The van der Waals surface area contributed by atoms with Crippen LogP contribution in [0.5, 0.6) is 11.5 Å². The van der Waals surface area contributed by atoms with E-state index < -0.39 is 52.4 Å². The van der Waals surface area contributed by atoms with Gasteiger partial charge in [-0.05, 0) is 74.9 Å². The highest BCUT2D eigenvalue weighted by atomic mass is 35.5. The minimum atomic E-state index is -1.49. The fraction of sp³-hybridized carbons (Fsp3) is 0.302. The number of phenols is 1. The van der Waals surface area contributed by atoms with Gasteiger partial charge in [-0.15, -0.1) is 0 Å². The number of benzene rings is 4. The number of carbonyl (C=O) groups excluding carboxylic acids is 4. The Balaban J connectivity index is 1.32. The van der Waals surface area contributed by atoms with Crippen LogP contribution in [0.1, 0.15) is 56.2 Å². The first-order valence-corrected chi connectivity index (χ1v) is 18.1. The lowest BCUT2D eigenvalue weighted by Crippen LogP contribution is -2.53. The van der Waals surface area contributed by atoms with Gasteiger partial charge in [0, 0.05) is 28.1 Å². The number of aromatic hydroxyl groups is 1. The van der Waals surface area contributed by atoms with Crippen LogP contribution in [0, 0.1) is 23.7 Å². The molecule has 0 bridgehead atoms. The second-order valence-electron chi connectivity index (χ2n) is 15.3. The number of fused-ring (bicyclic) bond motifs is 4. The molecule has 0 aromatic heterocycles. The fourth-order valence-corrected chi connectivity index (χ4v) is 9.53. The topological polar surface area (TPSA) is 104 Å². The number of likely N-dealkylation sites (tertiary alicyclic amines) is 1. The van der Waals surface area contributed by atoms with E-state index in [0.29, 0.717) is 34.0 Å². The molecule has 0 spiro atoms. The Bertz CT molecular complexity index is 2140. The van der Waals surface area contributed by atoms with Crippen molar-refractivity contribution >= 4 is 40.9 Å². The molecule has 3 fully saturated rings. The van der Waals surface area contributed by atoms with E-state index in [9.17, 15) is 19.5 Å². The zero-order chi connectivity index (χ0) is 36.5. The molecule has 8 rings (SSSR count). The number of anilines is 1. The largest absolute Gasteiger partial charge is 0.508 e. The van der Waals surface area contributed by atoms with Gasteiger partial charge in [0.05, 0.1) is 28.9 Å². The molecule has 9 heteroatoms. The average molecular weight is 715 g/mol. The van der Waals surface area contributed by atoms with Gasteiger partial charge >= 0.3 is 0 Å². The monoisotopic (exact) mass is 714 g/mol. The van der Waals surface area contributed by atoms with Crippen LogP contribution in [0.2, 0.25) is 5.02 Å². The van der Waals surface area contributed by atoms with Crippen LogP contribution < -0.4 is 9.64 Å². The minimum absolute atomic E-state index is 0.0973. The number of halogens is 1. The molecule has 52 heavy (non-hydrogen) atoms. The molecule has 4 aliphatic rings. The molecular weight excluding hydrogens is 676 g/mol. The van der Waals surface area contributed by atoms with Gasteiger partial charge < -0.3 is 9.84 Å². The Morgan fingerprint density at radius 2 is 1.54 bits per heavy atom. The Labute approximate surface area is 307 Å². The summed E-state index contributed by atoms with van der Waals surface area (Å²) in [5.74, 6) is -4.57. The van der Waals surface area contributed by atoms with Crippen LogP contribution in [0.15, 0.2) is 115 Å². The lowest BCUT2D eigenvalue weighted by Gasteiger charge is -2.50. The number of amides is 4. The molecule has 6 atom stereocenters. The van der Waals surface area contributed by atoms with E-state index in [1.54, 1.807) is 42.5 Å². The van der Waals surface area contributed by atoms with Crippen molar-refractivity contribution in [3.8, 4) is 11.5 Å². The predicted molar refractivity (Wildman–Crippen MR) is 197 cm³/mol. The molecule has 1 saturated carbocycles. The summed E-state index contributed by atoms with van der Waals surface area (Å²) in [6.07, 6.45) is 2.47. The molecule has 4 aromatic rings. The van der Waals surface area contributed by atoms with Gasteiger partial charge in [-0.1, -0.05) is 96.0 Å². The number of ether oxygens (including phenoxy) is 1. The van der Waals surface area contributed by atoms with Gasteiger partial charge in [0.15, 0.2) is 0 Å². The van der Waals surface area contributed by atoms with E-state index >= 15 is 4.79 Å². The van der Waals surface area contributed by atoms with Crippen LogP contribution in [0.4, 0.5) is 5.69 Å². The van der Waals surface area contributed by atoms with Gasteiger partial charge in [0.25, 0.3) is 0 Å². The maximum Gasteiger partial charge on any atom is 0.246 e. The number of phenolic OH excluding ortho intramolecular Hbond substituents is 1. The third-order valence-corrected chi connectivity index (χ3v) is 11.6. The van der Waals surface area contributed by atoms with E-state index in [1.807, 2.05) is 87.5 Å². The number of hydrogen-bond donors (Lipinski definition) is 1. The summed E-state index contributed by atoms with van der Waals surface area (Å²) in [4.78, 5) is 61.1. The zero-order valence-corrected chi connectivity index (χ0v) is 29.9. The van der Waals surface area contributed by atoms with Crippen molar-refractivity contribution in [2.45, 2.75) is 57.1 Å².